The van der Waals surface area contributed by atoms with E-state index in [4.69, 9.17) is 23.2 Å². The van der Waals surface area contributed by atoms with E-state index in [1.54, 1.807) is 12.1 Å². The number of aryl methyl sites for hydroxylation is 1. The predicted molar refractivity (Wildman–Crippen MR) is 79.4 cm³/mol. The van der Waals surface area contributed by atoms with Gasteiger partial charge in [-0.3, -0.25) is 4.79 Å². The van der Waals surface area contributed by atoms with Crippen LogP contribution in [0.25, 0.3) is 0 Å². The van der Waals surface area contributed by atoms with Crippen molar-refractivity contribution < 1.29 is 9.53 Å². The fraction of sp³-hybridized carbons (Fsp3) is 0.0667. The van der Waals surface area contributed by atoms with Crippen LogP contribution >= 0.6 is 23.2 Å². The van der Waals surface area contributed by atoms with Gasteiger partial charge in [-0.1, -0.05) is 40.9 Å². The van der Waals surface area contributed by atoms with Crippen LogP contribution < -0.4 is 0 Å². The molecule has 2 aromatic carbocycles. The first-order chi connectivity index (χ1) is 9.49. The van der Waals surface area contributed by atoms with E-state index in [2.05, 4.69) is 0 Å². The Morgan fingerprint density at radius 3 is 2.50 bits per heavy atom. The summed E-state index contributed by atoms with van der Waals surface area (Å²) in [6, 6.07) is 10.1. The number of fused-ring (bicyclic) bond motifs is 1. The van der Waals surface area contributed by atoms with Crippen LogP contribution in [0.5, 0.6) is 0 Å². The van der Waals surface area contributed by atoms with Gasteiger partial charge in [0.05, 0.1) is 15.6 Å². The fourth-order valence-corrected chi connectivity index (χ4v) is 2.59. The molecule has 0 saturated heterocycles. The third kappa shape index (κ3) is 1.90. The van der Waals surface area contributed by atoms with Gasteiger partial charge >= 0.3 is 0 Å². The number of nitrogens with zero attached hydrogens (tertiary/aromatic N) is 1. The maximum absolute atomic E-state index is 12.4. The van der Waals surface area contributed by atoms with E-state index in [9.17, 15) is 10.0 Å². The van der Waals surface area contributed by atoms with Gasteiger partial charge in [0.15, 0.2) is 0 Å². The molecule has 0 atom stereocenters. The molecule has 0 spiro atoms. The molecule has 0 fully saturated rings. The second-order valence-electron chi connectivity index (χ2n) is 4.63. The van der Waals surface area contributed by atoms with Gasteiger partial charge in [-0.2, -0.15) is 4.74 Å². The highest BCUT2D eigenvalue weighted by Crippen LogP contribution is 2.35. The molecule has 3 rings (SSSR count). The van der Waals surface area contributed by atoms with Crippen LogP contribution in [0.2, 0.25) is 10.0 Å². The lowest BCUT2D eigenvalue weighted by Gasteiger charge is -2.03. The molecule has 0 bridgehead atoms. The summed E-state index contributed by atoms with van der Waals surface area (Å²) in [4.78, 5) is 12.4. The first kappa shape index (κ1) is 13.2. The highest BCUT2D eigenvalue weighted by atomic mass is 35.5. The summed E-state index contributed by atoms with van der Waals surface area (Å²) >= 11 is 11.8. The van der Waals surface area contributed by atoms with Gasteiger partial charge in [0, 0.05) is 6.07 Å². The minimum absolute atomic E-state index is 0.0991. The molecule has 1 heterocycles. The fourth-order valence-electron chi connectivity index (χ4n) is 2.27. The molecule has 0 radical (unpaired) electrons. The molecule has 20 heavy (non-hydrogen) atoms. The first-order valence-corrected chi connectivity index (χ1v) is 6.69. The molecule has 5 heteroatoms. The van der Waals surface area contributed by atoms with E-state index in [0.29, 0.717) is 10.3 Å². The maximum Gasteiger partial charge on any atom is 0.272 e. The number of carbonyl (C=O) groups is 1. The van der Waals surface area contributed by atoms with Crippen LogP contribution in [0.3, 0.4) is 0 Å². The standard InChI is InChI=1S/C15H9Cl2NO2/c1-8-3-2-4-9(5-8)14-15(19)10-6-11(16)12(17)7-13(10)18(14)20/h2-7H,1H3. The van der Waals surface area contributed by atoms with Gasteiger partial charge in [0.1, 0.15) is 5.56 Å². The molecule has 0 aliphatic carbocycles. The van der Waals surface area contributed by atoms with Crippen molar-refractivity contribution in [1.29, 1.82) is 0 Å². The lowest BCUT2D eigenvalue weighted by Crippen LogP contribution is -2.16. The summed E-state index contributed by atoms with van der Waals surface area (Å²) in [5.41, 5.74) is 2.19. The number of ketones is 1. The largest absolute Gasteiger partial charge is 0.618 e. The molecule has 3 nitrogen and oxygen atoms in total. The van der Waals surface area contributed by atoms with E-state index in [1.165, 1.54) is 12.1 Å². The van der Waals surface area contributed by atoms with E-state index in [1.807, 2.05) is 19.1 Å². The van der Waals surface area contributed by atoms with Gasteiger partial charge in [0.2, 0.25) is 5.69 Å². The van der Waals surface area contributed by atoms with E-state index >= 15 is 0 Å². The van der Waals surface area contributed by atoms with Gasteiger partial charge in [-0.05, 0) is 25.1 Å². The van der Waals surface area contributed by atoms with Crippen LogP contribution in [0.15, 0.2) is 36.4 Å². The number of hydrogen-bond acceptors (Lipinski definition) is 2. The second-order valence-corrected chi connectivity index (χ2v) is 5.44. The van der Waals surface area contributed by atoms with E-state index in [0.717, 1.165) is 5.56 Å². The first-order valence-electron chi connectivity index (χ1n) is 5.94. The summed E-state index contributed by atoms with van der Waals surface area (Å²) in [6.07, 6.45) is 0. The molecule has 0 unspecified atom stereocenters. The van der Waals surface area contributed by atoms with Crippen molar-refractivity contribution in [3.05, 3.63) is 68.3 Å². The number of carbonyl (C=O) groups excluding carboxylic acids is 1. The van der Waals surface area contributed by atoms with Crippen LogP contribution in [-0.4, -0.2) is 16.2 Å². The van der Waals surface area contributed by atoms with Gasteiger partial charge in [0.25, 0.3) is 11.5 Å². The van der Waals surface area contributed by atoms with Crippen molar-refractivity contribution >= 4 is 40.4 Å². The van der Waals surface area contributed by atoms with E-state index in [-0.39, 0.29) is 32.8 Å². The molecule has 100 valence electrons. The molecular formula is C15H9Cl2NO2. The average molecular weight is 306 g/mol. The lowest BCUT2D eigenvalue weighted by molar-refractivity contribution is -0.355. The second kappa shape index (κ2) is 4.62. The van der Waals surface area contributed by atoms with Crippen molar-refractivity contribution in [3.8, 4) is 0 Å². The number of benzene rings is 2. The smallest absolute Gasteiger partial charge is 0.272 e. The van der Waals surface area contributed by atoms with Crippen molar-refractivity contribution in [2.24, 2.45) is 0 Å². The van der Waals surface area contributed by atoms with Crippen molar-refractivity contribution in [2.75, 3.05) is 0 Å². The van der Waals surface area contributed by atoms with Gasteiger partial charge in [-0.25, -0.2) is 0 Å². The minimum atomic E-state index is -0.334. The molecule has 0 saturated carbocycles. The SMILES string of the molecule is Cc1cccc(C2=[N+]([O-])c3cc(Cl)c(Cl)cc3C2=O)c1. The summed E-state index contributed by atoms with van der Waals surface area (Å²) < 4.78 is 0.620. The number of rotatable bonds is 1. The predicted octanol–water partition coefficient (Wildman–Crippen LogP) is 4.13. The number of Topliss-reactive ketones (excluding diaryl/α,β-unsaturated/α-hetero) is 1. The molecule has 0 aromatic heterocycles. The topological polar surface area (TPSA) is 43.1 Å². The number of halogens is 2. The third-order valence-corrected chi connectivity index (χ3v) is 3.93. The van der Waals surface area contributed by atoms with Crippen LogP contribution in [0, 0.1) is 12.1 Å². The molecular weight excluding hydrogens is 297 g/mol. The zero-order chi connectivity index (χ0) is 14.4. The highest BCUT2D eigenvalue weighted by Gasteiger charge is 2.37. The normalized spacial score (nSPS) is 13.8. The Labute approximate surface area is 125 Å². The Bertz CT molecular complexity index is 781. The average Bonchev–Trinajstić information content (AvgIpc) is 2.63. The number of hydrogen-bond donors (Lipinski definition) is 0. The Morgan fingerprint density at radius 1 is 1.10 bits per heavy atom. The summed E-state index contributed by atoms with van der Waals surface area (Å²) in [6.45, 7) is 1.90. The summed E-state index contributed by atoms with van der Waals surface area (Å²) in [5, 5.41) is 12.9. The highest BCUT2D eigenvalue weighted by molar-refractivity contribution is 6.53. The van der Waals surface area contributed by atoms with E-state index < -0.39 is 0 Å². The lowest BCUT2D eigenvalue weighted by atomic mass is 10.0. The summed E-state index contributed by atoms with van der Waals surface area (Å²) in [7, 11) is 0. The molecule has 0 amide bonds. The Hall–Kier alpha value is -1.84. The van der Waals surface area contributed by atoms with Crippen LogP contribution in [-0.2, 0) is 0 Å². The zero-order valence-corrected chi connectivity index (χ0v) is 12.0. The quantitative estimate of drug-likeness (QED) is 0.587. The Kier molecular flexibility index (Phi) is 3.04. The van der Waals surface area contributed by atoms with Crippen molar-refractivity contribution in [2.45, 2.75) is 6.92 Å². The van der Waals surface area contributed by atoms with Crippen molar-refractivity contribution in [1.82, 2.24) is 0 Å². The molecule has 1 aliphatic heterocycles. The van der Waals surface area contributed by atoms with Crippen molar-refractivity contribution in [3.63, 3.8) is 0 Å². The maximum atomic E-state index is 12.4. The van der Waals surface area contributed by atoms with Crippen LogP contribution in [0.1, 0.15) is 21.5 Å². The Morgan fingerprint density at radius 2 is 1.80 bits per heavy atom. The zero-order valence-electron chi connectivity index (χ0n) is 10.5. The van der Waals surface area contributed by atoms with Gasteiger partial charge < -0.3 is 5.21 Å². The Balaban J connectivity index is 2.22. The van der Waals surface area contributed by atoms with Crippen LogP contribution in [0.4, 0.5) is 5.69 Å². The molecule has 1 aliphatic rings. The minimum Gasteiger partial charge on any atom is -0.618 e. The monoisotopic (exact) mass is 305 g/mol. The molecule has 2 aromatic rings. The third-order valence-electron chi connectivity index (χ3n) is 3.21. The summed E-state index contributed by atoms with van der Waals surface area (Å²) in [5.74, 6) is -0.334. The molecule has 0 N–H and O–H groups in total. The van der Waals surface area contributed by atoms with Gasteiger partial charge in [-0.15, -0.1) is 0 Å².